The summed E-state index contributed by atoms with van der Waals surface area (Å²) in [7, 11) is 0. The van der Waals surface area contributed by atoms with E-state index in [1.54, 1.807) is 0 Å². The summed E-state index contributed by atoms with van der Waals surface area (Å²) in [5, 5.41) is 5.75. The molecule has 0 aromatic carbocycles. The lowest BCUT2D eigenvalue weighted by Crippen LogP contribution is -2.19. The van der Waals surface area contributed by atoms with Gasteiger partial charge in [-0.25, -0.2) is 0 Å². The van der Waals surface area contributed by atoms with E-state index in [0.717, 1.165) is 24.9 Å². The Morgan fingerprint density at radius 2 is 2.21 bits per heavy atom. The van der Waals surface area contributed by atoms with Crippen molar-refractivity contribution in [1.29, 1.82) is 0 Å². The fourth-order valence-corrected chi connectivity index (χ4v) is 3.07. The van der Waals surface area contributed by atoms with Gasteiger partial charge < -0.3 is 0 Å². The van der Waals surface area contributed by atoms with Crippen molar-refractivity contribution < 1.29 is 4.79 Å². The Hall–Kier alpha value is -1.06. The number of carbonyl (C=O) groups excluding carboxylic acids is 1. The molecule has 0 fully saturated rings. The number of ketones is 1. The molecular weight excluding hydrogens is 283 g/mol. The topological polar surface area (TPSA) is 34.9 Å². The smallest absolute Gasteiger partial charge is 0.137 e. The molecule has 1 aromatic rings. The number of hydrogen-bond acceptors (Lipinski definition) is 2. The first-order chi connectivity index (χ1) is 9.13. The van der Waals surface area contributed by atoms with Crippen LogP contribution in [0.3, 0.4) is 0 Å². The third kappa shape index (κ3) is 2.63. The predicted octanol–water partition coefficient (Wildman–Crippen LogP) is 3.21. The Labute approximate surface area is 121 Å². The maximum atomic E-state index is 11.4. The number of carbonyl (C=O) groups is 1. The van der Waals surface area contributed by atoms with E-state index >= 15 is 0 Å². The van der Waals surface area contributed by atoms with E-state index in [0.29, 0.717) is 34.6 Å². The fraction of sp³-hybridized carbons (Fsp3) is 0.429. The molecule has 1 atom stereocenters. The van der Waals surface area contributed by atoms with E-state index < -0.39 is 0 Å². The van der Waals surface area contributed by atoms with Crippen molar-refractivity contribution >= 4 is 29.0 Å². The van der Waals surface area contributed by atoms with Gasteiger partial charge in [0.15, 0.2) is 0 Å². The number of allylic oxidation sites excluding steroid dienone is 4. The van der Waals surface area contributed by atoms with Crippen LogP contribution in [0.2, 0.25) is 0 Å². The summed E-state index contributed by atoms with van der Waals surface area (Å²) in [5.41, 5.74) is 2.28. The molecule has 0 radical (unpaired) electrons. The van der Waals surface area contributed by atoms with Crippen LogP contribution in [-0.4, -0.2) is 15.6 Å². The maximum Gasteiger partial charge on any atom is 0.137 e. The standard InChI is InChI=1S/C14H14Cl2N2O/c15-12-3-1-9(5-13(12)16)8-18-14-4-2-11(19)6-10(14)7-17-18/h1,3,7,9H,2,4-6,8H2. The summed E-state index contributed by atoms with van der Waals surface area (Å²) in [6.07, 6.45) is 8.48. The van der Waals surface area contributed by atoms with Crippen LogP contribution in [0.25, 0.3) is 0 Å². The number of hydrogen-bond donors (Lipinski definition) is 0. The molecule has 0 saturated carbocycles. The highest BCUT2D eigenvalue weighted by Gasteiger charge is 2.22. The van der Waals surface area contributed by atoms with Crippen molar-refractivity contribution in [2.24, 2.45) is 5.92 Å². The molecular formula is C14H14Cl2N2O. The maximum absolute atomic E-state index is 11.4. The second kappa shape index (κ2) is 5.14. The van der Waals surface area contributed by atoms with Crippen molar-refractivity contribution in [2.75, 3.05) is 0 Å². The largest absolute Gasteiger partial charge is 0.299 e. The Morgan fingerprint density at radius 3 is 3.00 bits per heavy atom. The van der Waals surface area contributed by atoms with Gasteiger partial charge in [-0.1, -0.05) is 29.3 Å². The first-order valence-corrected chi connectivity index (χ1v) is 7.16. The molecule has 19 heavy (non-hydrogen) atoms. The van der Waals surface area contributed by atoms with Crippen LogP contribution in [0.15, 0.2) is 28.4 Å². The second-order valence-electron chi connectivity index (χ2n) is 5.09. The minimum absolute atomic E-state index is 0.308. The van der Waals surface area contributed by atoms with Gasteiger partial charge in [-0.2, -0.15) is 5.10 Å². The number of fused-ring (bicyclic) bond motifs is 1. The van der Waals surface area contributed by atoms with Crippen LogP contribution in [0, 0.1) is 5.92 Å². The zero-order chi connectivity index (χ0) is 13.4. The molecule has 2 aliphatic carbocycles. The van der Waals surface area contributed by atoms with Crippen LogP contribution in [0.4, 0.5) is 0 Å². The first-order valence-electron chi connectivity index (χ1n) is 6.41. The van der Waals surface area contributed by atoms with Crippen LogP contribution in [0.5, 0.6) is 0 Å². The molecule has 0 N–H and O–H groups in total. The van der Waals surface area contributed by atoms with Crippen LogP contribution in [-0.2, 0) is 24.2 Å². The van der Waals surface area contributed by atoms with Crippen molar-refractivity contribution in [3.8, 4) is 0 Å². The van der Waals surface area contributed by atoms with E-state index in [4.69, 9.17) is 23.2 Å². The third-order valence-corrected chi connectivity index (χ3v) is 4.49. The van der Waals surface area contributed by atoms with E-state index in [-0.39, 0.29) is 0 Å². The molecule has 2 aliphatic rings. The normalized spacial score (nSPS) is 22.8. The van der Waals surface area contributed by atoms with Crippen LogP contribution < -0.4 is 0 Å². The lowest BCUT2D eigenvalue weighted by Gasteiger charge is -2.19. The van der Waals surface area contributed by atoms with Gasteiger partial charge in [0.2, 0.25) is 0 Å². The lowest BCUT2D eigenvalue weighted by molar-refractivity contribution is -0.118. The molecule has 5 heteroatoms. The summed E-state index contributed by atoms with van der Waals surface area (Å²) in [4.78, 5) is 11.4. The third-order valence-electron chi connectivity index (χ3n) is 3.69. The Morgan fingerprint density at radius 1 is 1.37 bits per heavy atom. The molecule has 3 nitrogen and oxygen atoms in total. The second-order valence-corrected chi connectivity index (χ2v) is 5.95. The monoisotopic (exact) mass is 296 g/mol. The number of Topliss-reactive ketones (excluding diaryl/α,β-unsaturated/α-hetero) is 1. The Balaban J connectivity index is 1.75. The minimum atomic E-state index is 0.308. The lowest BCUT2D eigenvalue weighted by atomic mass is 9.96. The highest BCUT2D eigenvalue weighted by atomic mass is 35.5. The quantitative estimate of drug-likeness (QED) is 0.840. The number of nitrogens with zero attached hydrogens (tertiary/aromatic N) is 2. The molecule has 0 spiro atoms. The number of rotatable bonds is 2. The van der Waals surface area contributed by atoms with E-state index in [1.165, 1.54) is 5.69 Å². The zero-order valence-corrected chi connectivity index (χ0v) is 11.9. The molecule has 1 heterocycles. The van der Waals surface area contributed by atoms with Crippen molar-refractivity contribution in [1.82, 2.24) is 9.78 Å². The predicted molar refractivity (Wildman–Crippen MR) is 75.2 cm³/mol. The van der Waals surface area contributed by atoms with Crippen molar-refractivity contribution in [3.63, 3.8) is 0 Å². The van der Waals surface area contributed by atoms with Crippen LogP contribution in [0.1, 0.15) is 24.1 Å². The molecule has 0 aliphatic heterocycles. The molecule has 0 saturated heterocycles. The number of halogens is 2. The van der Waals surface area contributed by atoms with Gasteiger partial charge in [-0.3, -0.25) is 9.48 Å². The van der Waals surface area contributed by atoms with E-state index in [9.17, 15) is 4.79 Å². The van der Waals surface area contributed by atoms with Gasteiger partial charge in [0.05, 0.1) is 11.2 Å². The summed E-state index contributed by atoms with van der Waals surface area (Å²) < 4.78 is 2.01. The van der Waals surface area contributed by atoms with Gasteiger partial charge >= 0.3 is 0 Å². The molecule has 1 unspecified atom stereocenters. The van der Waals surface area contributed by atoms with Gasteiger partial charge in [0.25, 0.3) is 0 Å². The molecule has 3 rings (SSSR count). The van der Waals surface area contributed by atoms with Crippen molar-refractivity contribution in [3.05, 3.63) is 39.7 Å². The average molecular weight is 297 g/mol. The minimum Gasteiger partial charge on any atom is -0.299 e. The van der Waals surface area contributed by atoms with Gasteiger partial charge in [0, 0.05) is 41.6 Å². The van der Waals surface area contributed by atoms with Gasteiger partial charge in [-0.15, -0.1) is 0 Å². The summed E-state index contributed by atoms with van der Waals surface area (Å²) >= 11 is 12.0. The first kappa shape index (κ1) is 12.9. The van der Waals surface area contributed by atoms with Crippen molar-refractivity contribution in [2.45, 2.75) is 32.2 Å². The zero-order valence-electron chi connectivity index (χ0n) is 10.4. The highest BCUT2D eigenvalue weighted by molar-refractivity contribution is 6.40. The summed E-state index contributed by atoms with van der Waals surface area (Å²) in [6, 6.07) is 0. The fourth-order valence-electron chi connectivity index (χ4n) is 2.66. The summed E-state index contributed by atoms with van der Waals surface area (Å²) in [5.74, 6) is 0.624. The molecule has 0 bridgehead atoms. The molecule has 1 aromatic heterocycles. The Bertz CT molecular complexity index is 586. The van der Waals surface area contributed by atoms with Gasteiger partial charge in [0.1, 0.15) is 5.78 Å². The molecule has 100 valence electrons. The summed E-state index contributed by atoms with van der Waals surface area (Å²) in [6.45, 7) is 0.792. The SMILES string of the molecule is O=C1CCc2c(cnn2CC2C=CC(Cl)=C(Cl)C2)C1. The average Bonchev–Trinajstić information content (AvgIpc) is 2.76. The van der Waals surface area contributed by atoms with E-state index in [2.05, 4.69) is 11.2 Å². The number of aromatic nitrogens is 2. The van der Waals surface area contributed by atoms with Crippen LogP contribution >= 0.6 is 23.2 Å². The molecule has 0 amide bonds. The van der Waals surface area contributed by atoms with E-state index in [1.807, 2.05) is 17.0 Å². The Kier molecular flexibility index (Phi) is 3.50. The van der Waals surface area contributed by atoms with Gasteiger partial charge in [-0.05, 0) is 18.9 Å². The highest BCUT2D eigenvalue weighted by Crippen LogP contribution is 2.30.